The van der Waals surface area contributed by atoms with Gasteiger partial charge in [-0.15, -0.1) is 12.4 Å². The van der Waals surface area contributed by atoms with Gasteiger partial charge in [0.05, 0.1) is 17.9 Å². The van der Waals surface area contributed by atoms with Gasteiger partial charge in [0.1, 0.15) is 0 Å². The summed E-state index contributed by atoms with van der Waals surface area (Å²) >= 11 is 1.07. The number of carbonyl (C=O) groups is 1. The lowest BCUT2D eigenvalue weighted by atomic mass is 10.2. The molecule has 1 N–H and O–H groups in total. The molecule has 0 unspecified atom stereocenters. The Morgan fingerprint density at radius 3 is 3.13 bits per heavy atom. The molecule has 1 aromatic heterocycles. The second-order valence-electron chi connectivity index (χ2n) is 3.40. The molecular weight excluding hydrogens is 236 g/mol. The fourth-order valence-corrected chi connectivity index (χ4v) is 1.94. The average Bonchev–Trinajstić information content (AvgIpc) is 2.69. The molecule has 1 aliphatic heterocycles. The number of nitrogens with zero attached hydrogens (tertiary/aromatic N) is 3. The van der Waals surface area contributed by atoms with E-state index in [9.17, 15) is 4.79 Å². The van der Waals surface area contributed by atoms with Gasteiger partial charge >= 0.3 is 0 Å². The fraction of sp³-hybridized carbons (Fsp3) is 0.625. The zero-order valence-electron chi connectivity index (χ0n) is 8.34. The zero-order valence-corrected chi connectivity index (χ0v) is 9.98. The highest BCUT2D eigenvalue weighted by Gasteiger charge is 2.22. The summed E-state index contributed by atoms with van der Waals surface area (Å²) in [4.78, 5) is 13.6. The number of halogens is 1. The zero-order chi connectivity index (χ0) is 9.97. The van der Waals surface area contributed by atoms with Crippen molar-refractivity contribution >= 4 is 30.0 Å². The van der Waals surface area contributed by atoms with Gasteiger partial charge in [-0.1, -0.05) is 0 Å². The van der Waals surface area contributed by atoms with Gasteiger partial charge in [-0.2, -0.15) is 8.75 Å². The van der Waals surface area contributed by atoms with Crippen molar-refractivity contribution < 1.29 is 4.79 Å². The molecule has 0 spiro atoms. The fourth-order valence-electron chi connectivity index (χ4n) is 1.54. The molecule has 0 saturated carbocycles. The maximum absolute atomic E-state index is 11.8. The van der Waals surface area contributed by atoms with Crippen molar-refractivity contribution in [1.82, 2.24) is 19.0 Å². The number of hydrogen-bond donors (Lipinski definition) is 1. The second-order valence-corrected chi connectivity index (χ2v) is 3.96. The van der Waals surface area contributed by atoms with Crippen LogP contribution in [0.1, 0.15) is 17.4 Å². The van der Waals surface area contributed by atoms with Crippen molar-refractivity contribution in [2.24, 2.45) is 0 Å². The van der Waals surface area contributed by atoms with E-state index in [1.165, 1.54) is 6.20 Å². The normalized spacial score (nSPS) is 20.9. The Bertz CT molecular complexity index is 318. The van der Waals surface area contributed by atoms with Crippen LogP contribution in [0, 0.1) is 0 Å². The van der Waals surface area contributed by atoms with Crippen LogP contribution in [0.2, 0.25) is 0 Å². The summed E-state index contributed by atoms with van der Waals surface area (Å²) in [6, 6.07) is 0.360. The van der Waals surface area contributed by atoms with E-state index in [1.54, 1.807) is 0 Å². The number of carbonyl (C=O) groups excluding carboxylic acids is 1. The first kappa shape index (κ1) is 12.4. The Kier molecular flexibility index (Phi) is 4.44. The van der Waals surface area contributed by atoms with Crippen LogP contribution in [0.4, 0.5) is 0 Å². The first-order chi connectivity index (χ1) is 6.77. The third-order valence-electron chi connectivity index (χ3n) is 2.24. The highest BCUT2D eigenvalue weighted by molar-refractivity contribution is 6.99. The van der Waals surface area contributed by atoms with Gasteiger partial charge < -0.3 is 10.2 Å². The molecule has 2 rings (SSSR count). The number of piperazine rings is 1. The Morgan fingerprint density at radius 1 is 1.73 bits per heavy atom. The molecule has 1 aliphatic rings. The Morgan fingerprint density at radius 2 is 2.53 bits per heavy atom. The molecule has 1 aromatic rings. The van der Waals surface area contributed by atoms with E-state index in [0.29, 0.717) is 11.7 Å². The average molecular weight is 249 g/mol. The van der Waals surface area contributed by atoms with Crippen molar-refractivity contribution in [3.05, 3.63) is 11.9 Å². The predicted molar refractivity (Wildman–Crippen MR) is 60.5 cm³/mol. The molecule has 0 bridgehead atoms. The lowest BCUT2D eigenvalue weighted by Gasteiger charge is -2.31. The predicted octanol–water partition coefficient (Wildman–Crippen LogP) is 0.394. The maximum Gasteiger partial charge on any atom is 0.275 e. The quantitative estimate of drug-likeness (QED) is 0.782. The molecule has 0 aromatic carbocycles. The van der Waals surface area contributed by atoms with E-state index >= 15 is 0 Å². The minimum atomic E-state index is -0.00731. The van der Waals surface area contributed by atoms with Gasteiger partial charge in [0, 0.05) is 25.7 Å². The van der Waals surface area contributed by atoms with E-state index in [1.807, 2.05) is 4.90 Å². The van der Waals surface area contributed by atoms with Gasteiger partial charge in [-0.05, 0) is 6.92 Å². The van der Waals surface area contributed by atoms with E-state index in [4.69, 9.17) is 0 Å². The van der Waals surface area contributed by atoms with E-state index < -0.39 is 0 Å². The molecule has 84 valence electrons. The van der Waals surface area contributed by atoms with Gasteiger partial charge in [0.2, 0.25) is 0 Å². The summed E-state index contributed by atoms with van der Waals surface area (Å²) in [6.45, 7) is 4.42. The number of rotatable bonds is 1. The summed E-state index contributed by atoms with van der Waals surface area (Å²) in [6.07, 6.45) is 1.53. The van der Waals surface area contributed by atoms with Crippen LogP contribution in [0.15, 0.2) is 6.20 Å². The molecule has 15 heavy (non-hydrogen) atoms. The SMILES string of the molecule is C[C@@H]1CN(C(=O)c2cnsn2)CCN1.Cl. The smallest absolute Gasteiger partial charge is 0.275 e. The Labute approximate surface area is 98.6 Å². The number of nitrogens with one attached hydrogen (secondary N) is 1. The lowest BCUT2D eigenvalue weighted by Crippen LogP contribution is -2.51. The molecule has 0 radical (unpaired) electrons. The molecule has 1 fully saturated rings. The van der Waals surface area contributed by atoms with Gasteiger partial charge in [0.25, 0.3) is 5.91 Å². The minimum absolute atomic E-state index is 0. The van der Waals surface area contributed by atoms with Crippen LogP contribution >= 0.6 is 24.1 Å². The highest BCUT2D eigenvalue weighted by Crippen LogP contribution is 2.05. The van der Waals surface area contributed by atoms with E-state index in [0.717, 1.165) is 31.4 Å². The van der Waals surface area contributed by atoms with Crippen molar-refractivity contribution in [3.8, 4) is 0 Å². The Hall–Kier alpha value is -0.720. The molecule has 2 heterocycles. The van der Waals surface area contributed by atoms with Crippen LogP contribution in [-0.2, 0) is 0 Å². The van der Waals surface area contributed by atoms with Gasteiger partial charge in [-0.25, -0.2) is 0 Å². The third kappa shape index (κ3) is 2.87. The summed E-state index contributed by atoms with van der Waals surface area (Å²) in [5, 5.41) is 3.28. The molecular formula is C8H13ClN4OS. The summed E-state index contributed by atoms with van der Waals surface area (Å²) in [7, 11) is 0. The van der Waals surface area contributed by atoms with Gasteiger partial charge in [0.15, 0.2) is 5.69 Å². The van der Waals surface area contributed by atoms with Crippen LogP contribution < -0.4 is 5.32 Å². The van der Waals surface area contributed by atoms with Crippen molar-refractivity contribution in [2.45, 2.75) is 13.0 Å². The van der Waals surface area contributed by atoms with E-state index in [-0.39, 0.29) is 18.3 Å². The monoisotopic (exact) mass is 248 g/mol. The maximum atomic E-state index is 11.8. The highest BCUT2D eigenvalue weighted by atomic mass is 35.5. The topological polar surface area (TPSA) is 58.1 Å². The van der Waals surface area contributed by atoms with Crippen LogP contribution in [0.3, 0.4) is 0 Å². The molecule has 7 heteroatoms. The number of amides is 1. The molecule has 1 saturated heterocycles. The standard InChI is InChI=1S/C8H12N4OS.ClH/c1-6-5-12(3-2-9-6)8(13)7-4-10-14-11-7;/h4,6,9H,2-3,5H2,1H3;1H/t6-;/m1./s1. The molecule has 5 nitrogen and oxygen atoms in total. The first-order valence-electron chi connectivity index (χ1n) is 4.57. The molecule has 1 amide bonds. The largest absolute Gasteiger partial charge is 0.334 e. The van der Waals surface area contributed by atoms with Crippen molar-refractivity contribution in [1.29, 1.82) is 0 Å². The lowest BCUT2D eigenvalue weighted by molar-refractivity contribution is 0.0704. The third-order valence-corrected chi connectivity index (χ3v) is 2.71. The van der Waals surface area contributed by atoms with Crippen LogP contribution in [0.25, 0.3) is 0 Å². The second kappa shape index (κ2) is 5.39. The van der Waals surface area contributed by atoms with Crippen molar-refractivity contribution in [2.75, 3.05) is 19.6 Å². The summed E-state index contributed by atoms with van der Waals surface area (Å²) in [5.74, 6) is -0.00731. The first-order valence-corrected chi connectivity index (χ1v) is 5.30. The number of aromatic nitrogens is 2. The van der Waals surface area contributed by atoms with Crippen LogP contribution in [-0.4, -0.2) is 45.2 Å². The van der Waals surface area contributed by atoms with Crippen molar-refractivity contribution in [3.63, 3.8) is 0 Å². The van der Waals surface area contributed by atoms with Crippen LogP contribution in [0.5, 0.6) is 0 Å². The summed E-state index contributed by atoms with van der Waals surface area (Å²) < 4.78 is 7.76. The minimum Gasteiger partial charge on any atom is -0.334 e. The van der Waals surface area contributed by atoms with E-state index in [2.05, 4.69) is 21.0 Å². The summed E-state index contributed by atoms with van der Waals surface area (Å²) in [5.41, 5.74) is 0.462. The van der Waals surface area contributed by atoms with Gasteiger partial charge in [-0.3, -0.25) is 4.79 Å². The Balaban J connectivity index is 0.00000112. The molecule has 0 aliphatic carbocycles. The molecule has 1 atom stereocenters. The number of hydrogen-bond acceptors (Lipinski definition) is 5.